The molecule has 1 aromatic carbocycles. The highest BCUT2D eigenvalue weighted by atomic mass is 79.9. The SMILES string of the molecule is O=C1COCCN1c1cc(F)cc(Br)c1. The quantitative estimate of drug-likeness (QED) is 0.783. The van der Waals surface area contributed by atoms with Gasteiger partial charge in [0.15, 0.2) is 0 Å². The predicted molar refractivity (Wildman–Crippen MR) is 57.3 cm³/mol. The lowest BCUT2D eigenvalue weighted by Gasteiger charge is -2.26. The summed E-state index contributed by atoms with van der Waals surface area (Å²) in [4.78, 5) is 13.0. The summed E-state index contributed by atoms with van der Waals surface area (Å²) in [5, 5.41) is 0. The summed E-state index contributed by atoms with van der Waals surface area (Å²) in [5.41, 5.74) is 0.565. The second-order valence-electron chi connectivity index (χ2n) is 3.23. The number of carbonyl (C=O) groups is 1. The zero-order chi connectivity index (χ0) is 10.8. The number of ether oxygens (including phenoxy) is 1. The van der Waals surface area contributed by atoms with Crippen LogP contribution in [0.15, 0.2) is 22.7 Å². The molecule has 0 bridgehead atoms. The molecule has 1 saturated heterocycles. The van der Waals surface area contributed by atoms with Gasteiger partial charge < -0.3 is 9.64 Å². The molecular weight excluding hydrogens is 265 g/mol. The first-order valence-corrected chi connectivity index (χ1v) is 5.30. The van der Waals surface area contributed by atoms with Gasteiger partial charge in [0.2, 0.25) is 0 Å². The van der Waals surface area contributed by atoms with Crippen molar-refractivity contribution < 1.29 is 13.9 Å². The Labute approximate surface area is 95.0 Å². The van der Waals surface area contributed by atoms with Crippen LogP contribution in [0.3, 0.4) is 0 Å². The van der Waals surface area contributed by atoms with Gasteiger partial charge in [0.05, 0.1) is 6.61 Å². The molecule has 0 unspecified atom stereocenters. The van der Waals surface area contributed by atoms with E-state index in [1.165, 1.54) is 17.0 Å². The maximum atomic E-state index is 13.1. The van der Waals surface area contributed by atoms with E-state index < -0.39 is 0 Å². The molecule has 1 aliphatic rings. The van der Waals surface area contributed by atoms with Crippen LogP contribution < -0.4 is 4.90 Å². The number of anilines is 1. The molecule has 1 heterocycles. The lowest BCUT2D eigenvalue weighted by atomic mass is 10.2. The zero-order valence-electron chi connectivity index (χ0n) is 7.87. The second-order valence-corrected chi connectivity index (χ2v) is 4.14. The summed E-state index contributed by atoms with van der Waals surface area (Å²) < 4.78 is 18.7. The molecule has 1 amide bonds. The minimum absolute atomic E-state index is 0.0636. The fraction of sp³-hybridized carbons (Fsp3) is 0.300. The fourth-order valence-corrected chi connectivity index (χ4v) is 1.94. The van der Waals surface area contributed by atoms with Crippen molar-refractivity contribution in [1.82, 2.24) is 0 Å². The Hall–Kier alpha value is -0.940. The number of amides is 1. The minimum atomic E-state index is -0.362. The van der Waals surface area contributed by atoms with E-state index in [1.54, 1.807) is 6.07 Å². The number of rotatable bonds is 1. The molecule has 0 aromatic heterocycles. The van der Waals surface area contributed by atoms with Crippen LogP contribution in [0.4, 0.5) is 10.1 Å². The number of benzene rings is 1. The van der Waals surface area contributed by atoms with Gasteiger partial charge in [-0.2, -0.15) is 0 Å². The third-order valence-corrected chi connectivity index (χ3v) is 2.60. The highest BCUT2D eigenvalue weighted by Gasteiger charge is 2.20. The Kier molecular flexibility index (Phi) is 3.02. The first-order valence-electron chi connectivity index (χ1n) is 4.51. The highest BCUT2D eigenvalue weighted by molar-refractivity contribution is 9.10. The molecule has 0 saturated carbocycles. The summed E-state index contributed by atoms with van der Waals surface area (Å²) >= 11 is 3.19. The van der Waals surface area contributed by atoms with E-state index in [0.29, 0.717) is 23.3 Å². The van der Waals surface area contributed by atoms with Crippen LogP contribution in [-0.4, -0.2) is 25.7 Å². The molecule has 80 valence electrons. The van der Waals surface area contributed by atoms with Crippen molar-refractivity contribution in [1.29, 1.82) is 0 Å². The summed E-state index contributed by atoms with van der Waals surface area (Å²) in [6, 6.07) is 4.41. The van der Waals surface area contributed by atoms with Gasteiger partial charge in [-0.05, 0) is 18.2 Å². The lowest BCUT2D eigenvalue weighted by Crippen LogP contribution is -2.41. The number of nitrogens with zero attached hydrogens (tertiary/aromatic N) is 1. The summed E-state index contributed by atoms with van der Waals surface area (Å²) in [5.74, 6) is -0.502. The van der Waals surface area contributed by atoms with Gasteiger partial charge >= 0.3 is 0 Å². The average molecular weight is 274 g/mol. The Morgan fingerprint density at radius 2 is 2.20 bits per heavy atom. The number of morpholine rings is 1. The Balaban J connectivity index is 2.31. The minimum Gasteiger partial charge on any atom is -0.370 e. The summed E-state index contributed by atoms with van der Waals surface area (Å²) in [6.07, 6.45) is 0. The number of hydrogen-bond donors (Lipinski definition) is 0. The smallest absolute Gasteiger partial charge is 0.253 e. The Morgan fingerprint density at radius 3 is 2.87 bits per heavy atom. The molecule has 3 nitrogen and oxygen atoms in total. The maximum Gasteiger partial charge on any atom is 0.253 e. The van der Waals surface area contributed by atoms with Gasteiger partial charge in [0.25, 0.3) is 5.91 Å². The molecule has 0 aliphatic carbocycles. The molecule has 1 fully saturated rings. The highest BCUT2D eigenvalue weighted by Crippen LogP contribution is 2.23. The van der Waals surface area contributed by atoms with E-state index >= 15 is 0 Å². The van der Waals surface area contributed by atoms with Crippen LogP contribution in [-0.2, 0) is 9.53 Å². The van der Waals surface area contributed by atoms with Crippen LogP contribution in [0, 0.1) is 5.82 Å². The van der Waals surface area contributed by atoms with Crippen LogP contribution in [0.5, 0.6) is 0 Å². The van der Waals surface area contributed by atoms with Crippen LogP contribution in [0.2, 0.25) is 0 Å². The van der Waals surface area contributed by atoms with Crippen molar-refractivity contribution in [3.8, 4) is 0 Å². The molecular formula is C10H9BrFNO2. The molecule has 1 aromatic rings. The first-order chi connectivity index (χ1) is 7.16. The normalized spacial score (nSPS) is 16.9. The zero-order valence-corrected chi connectivity index (χ0v) is 9.46. The van der Waals surface area contributed by atoms with Crippen LogP contribution >= 0.6 is 15.9 Å². The van der Waals surface area contributed by atoms with Crippen molar-refractivity contribution in [2.75, 3.05) is 24.7 Å². The molecule has 1 aliphatic heterocycles. The number of halogens is 2. The van der Waals surface area contributed by atoms with Crippen molar-refractivity contribution in [2.24, 2.45) is 0 Å². The molecule has 0 N–H and O–H groups in total. The third kappa shape index (κ3) is 2.35. The Morgan fingerprint density at radius 1 is 1.40 bits per heavy atom. The molecule has 0 atom stereocenters. The average Bonchev–Trinajstić information content (AvgIpc) is 2.16. The van der Waals surface area contributed by atoms with Gasteiger partial charge in [0, 0.05) is 16.7 Å². The van der Waals surface area contributed by atoms with E-state index in [1.807, 2.05) is 0 Å². The maximum absolute atomic E-state index is 13.1. The Bertz CT molecular complexity index is 377. The van der Waals surface area contributed by atoms with Gasteiger partial charge in [-0.1, -0.05) is 15.9 Å². The van der Waals surface area contributed by atoms with Crippen molar-refractivity contribution in [2.45, 2.75) is 0 Å². The van der Waals surface area contributed by atoms with Crippen LogP contribution in [0.25, 0.3) is 0 Å². The topological polar surface area (TPSA) is 29.5 Å². The van der Waals surface area contributed by atoms with Gasteiger partial charge in [-0.15, -0.1) is 0 Å². The standard InChI is InChI=1S/C10H9BrFNO2/c11-7-3-8(12)5-9(4-7)13-1-2-15-6-10(13)14/h3-5H,1-2,6H2. The number of carbonyl (C=O) groups excluding carboxylic acids is 1. The van der Waals surface area contributed by atoms with E-state index in [2.05, 4.69) is 15.9 Å². The van der Waals surface area contributed by atoms with Crippen molar-refractivity contribution in [3.05, 3.63) is 28.5 Å². The lowest BCUT2D eigenvalue weighted by molar-refractivity contribution is -0.125. The number of hydrogen-bond acceptors (Lipinski definition) is 2. The summed E-state index contributed by atoms with van der Waals surface area (Å²) in [6.45, 7) is 1.02. The van der Waals surface area contributed by atoms with E-state index in [9.17, 15) is 9.18 Å². The van der Waals surface area contributed by atoms with Gasteiger partial charge in [-0.3, -0.25) is 4.79 Å². The van der Waals surface area contributed by atoms with Crippen LogP contribution in [0.1, 0.15) is 0 Å². The van der Waals surface area contributed by atoms with E-state index in [-0.39, 0.29) is 18.3 Å². The molecule has 0 spiro atoms. The largest absolute Gasteiger partial charge is 0.370 e. The van der Waals surface area contributed by atoms with Crippen molar-refractivity contribution >= 4 is 27.5 Å². The fourth-order valence-electron chi connectivity index (χ4n) is 1.49. The van der Waals surface area contributed by atoms with Gasteiger partial charge in [-0.25, -0.2) is 4.39 Å². The second kappa shape index (κ2) is 4.28. The van der Waals surface area contributed by atoms with Gasteiger partial charge in [0.1, 0.15) is 12.4 Å². The molecule has 15 heavy (non-hydrogen) atoms. The monoisotopic (exact) mass is 273 g/mol. The molecule has 5 heteroatoms. The van der Waals surface area contributed by atoms with E-state index in [0.717, 1.165) is 0 Å². The molecule has 0 radical (unpaired) electrons. The third-order valence-electron chi connectivity index (χ3n) is 2.14. The molecule has 2 rings (SSSR count). The predicted octanol–water partition coefficient (Wildman–Crippen LogP) is 1.95. The van der Waals surface area contributed by atoms with Crippen molar-refractivity contribution in [3.63, 3.8) is 0 Å². The van der Waals surface area contributed by atoms with E-state index in [4.69, 9.17) is 4.74 Å². The first kappa shape index (κ1) is 10.6. The summed E-state index contributed by atoms with van der Waals surface area (Å²) in [7, 11) is 0.